The van der Waals surface area contributed by atoms with Gasteiger partial charge in [0.1, 0.15) is 5.82 Å². The molecule has 1 N–H and O–H groups in total. The zero-order chi connectivity index (χ0) is 16.1. The number of pyridine rings is 1. The Morgan fingerprint density at radius 1 is 1.26 bits per heavy atom. The van der Waals surface area contributed by atoms with Crippen LogP contribution in [0.3, 0.4) is 0 Å². The van der Waals surface area contributed by atoms with E-state index in [-0.39, 0.29) is 5.56 Å². The van der Waals surface area contributed by atoms with Gasteiger partial charge in [0.2, 0.25) is 0 Å². The quantitative estimate of drug-likeness (QED) is 0.932. The molecule has 1 aliphatic heterocycles. The first-order valence-electron chi connectivity index (χ1n) is 7.79. The Balaban J connectivity index is 1.59. The maximum absolute atomic E-state index is 13.1. The summed E-state index contributed by atoms with van der Waals surface area (Å²) in [6.07, 6.45) is 7.48. The SMILES string of the molecule is O=C(Nc1nc(CN2CCCCCC2)cs1)c1cncc(F)c1. The van der Waals surface area contributed by atoms with E-state index in [1.165, 1.54) is 43.2 Å². The van der Waals surface area contributed by atoms with Crippen molar-refractivity contribution in [2.24, 2.45) is 0 Å². The summed E-state index contributed by atoms with van der Waals surface area (Å²) >= 11 is 1.39. The minimum Gasteiger partial charge on any atom is -0.298 e. The number of hydrogen-bond acceptors (Lipinski definition) is 5. The Hall–Kier alpha value is -1.86. The van der Waals surface area contributed by atoms with Crippen LogP contribution >= 0.6 is 11.3 Å². The van der Waals surface area contributed by atoms with Crippen molar-refractivity contribution in [3.05, 3.63) is 40.9 Å². The molecule has 0 spiro atoms. The van der Waals surface area contributed by atoms with Crippen molar-refractivity contribution < 1.29 is 9.18 Å². The lowest BCUT2D eigenvalue weighted by molar-refractivity contribution is 0.102. The van der Waals surface area contributed by atoms with Crippen molar-refractivity contribution in [1.82, 2.24) is 14.9 Å². The van der Waals surface area contributed by atoms with Crippen LogP contribution in [0.5, 0.6) is 0 Å². The molecule has 0 atom stereocenters. The summed E-state index contributed by atoms with van der Waals surface area (Å²) in [4.78, 5) is 22.6. The largest absolute Gasteiger partial charge is 0.298 e. The average molecular weight is 334 g/mol. The molecule has 3 rings (SSSR count). The lowest BCUT2D eigenvalue weighted by Crippen LogP contribution is -2.24. The van der Waals surface area contributed by atoms with Crippen molar-refractivity contribution in [1.29, 1.82) is 0 Å². The number of thiazole rings is 1. The first-order valence-corrected chi connectivity index (χ1v) is 8.67. The fraction of sp³-hybridized carbons (Fsp3) is 0.438. The van der Waals surface area contributed by atoms with E-state index < -0.39 is 11.7 Å². The molecule has 2 aromatic rings. The average Bonchev–Trinajstić information content (AvgIpc) is 2.81. The molecule has 0 bridgehead atoms. The van der Waals surface area contributed by atoms with Crippen molar-refractivity contribution in [3.8, 4) is 0 Å². The molecule has 1 amide bonds. The Morgan fingerprint density at radius 2 is 2.04 bits per heavy atom. The van der Waals surface area contributed by atoms with E-state index in [1.807, 2.05) is 5.38 Å². The minimum atomic E-state index is -0.529. The van der Waals surface area contributed by atoms with E-state index in [1.54, 1.807) is 0 Å². The van der Waals surface area contributed by atoms with Gasteiger partial charge in [0.15, 0.2) is 5.13 Å². The number of hydrogen-bond donors (Lipinski definition) is 1. The van der Waals surface area contributed by atoms with Crippen LogP contribution in [0.15, 0.2) is 23.8 Å². The number of likely N-dealkylation sites (tertiary alicyclic amines) is 1. The lowest BCUT2D eigenvalue weighted by atomic mass is 10.2. The third-order valence-electron chi connectivity index (χ3n) is 3.82. The number of anilines is 1. The second-order valence-electron chi connectivity index (χ2n) is 5.68. The van der Waals surface area contributed by atoms with Crippen LogP contribution in [0.2, 0.25) is 0 Å². The molecule has 0 saturated carbocycles. The Bertz CT molecular complexity index is 668. The van der Waals surface area contributed by atoms with Crippen molar-refractivity contribution in [2.45, 2.75) is 32.2 Å². The predicted octanol–water partition coefficient (Wildman–Crippen LogP) is 3.31. The number of nitrogens with one attached hydrogen (secondary N) is 1. The zero-order valence-corrected chi connectivity index (χ0v) is 13.6. The van der Waals surface area contributed by atoms with Gasteiger partial charge in [-0.15, -0.1) is 11.3 Å². The maximum atomic E-state index is 13.1. The second kappa shape index (κ2) is 7.61. The molecule has 5 nitrogen and oxygen atoms in total. The molecule has 1 aliphatic rings. The summed E-state index contributed by atoms with van der Waals surface area (Å²) in [5.74, 6) is -0.925. The minimum absolute atomic E-state index is 0.189. The number of rotatable bonds is 4. The van der Waals surface area contributed by atoms with Gasteiger partial charge in [-0.1, -0.05) is 12.8 Å². The normalized spacial score (nSPS) is 16.0. The third kappa shape index (κ3) is 4.56. The molecule has 7 heteroatoms. The highest BCUT2D eigenvalue weighted by molar-refractivity contribution is 7.13. The lowest BCUT2D eigenvalue weighted by Gasteiger charge is -2.17. The van der Waals surface area contributed by atoms with Crippen molar-refractivity contribution >= 4 is 22.4 Å². The number of halogens is 1. The summed E-state index contributed by atoms with van der Waals surface area (Å²) < 4.78 is 13.1. The molecule has 0 aliphatic carbocycles. The van der Waals surface area contributed by atoms with Gasteiger partial charge in [0.05, 0.1) is 17.5 Å². The van der Waals surface area contributed by atoms with Crippen LogP contribution < -0.4 is 5.32 Å². The fourth-order valence-corrected chi connectivity index (χ4v) is 3.36. The summed E-state index contributed by atoms with van der Waals surface area (Å²) in [7, 11) is 0. The van der Waals surface area contributed by atoms with Gasteiger partial charge in [0, 0.05) is 18.1 Å². The molecular formula is C16H19FN4OS. The monoisotopic (exact) mass is 334 g/mol. The van der Waals surface area contributed by atoms with E-state index in [2.05, 4.69) is 20.2 Å². The van der Waals surface area contributed by atoms with Gasteiger partial charge in [-0.25, -0.2) is 9.37 Å². The maximum Gasteiger partial charge on any atom is 0.259 e. The number of amides is 1. The topological polar surface area (TPSA) is 58.1 Å². The van der Waals surface area contributed by atoms with Crippen molar-refractivity contribution in [3.63, 3.8) is 0 Å². The van der Waals surface area contributed by atoms with Gasteiger partial charge in [-0.05, 0) is 32.0 Å². The summed E-state index contributed by atoms with van der Waals surface area (Å²) in [6.45, 7) is 3.02. The van der Waals surface area contributed by atoms with Gasteiger partial charge in [-0.2, -0.15) is 0 Å². The number of nitrogens with zero attached hydrogens (tertiary/aromatic N) is 3. The van der Waals surface area contributed by atoms with E-state index >= 15 is 0 Å². The number of aromatic nitrogens is 2. The Kier molecular flexibility index (Phi) is 5.30. The van der Waals surface area contributed by atoms with Crippen LogP contribution in [0.1, 0.15) is 41.7 Å². The molecule has 0 aromatic carbocycles. The number of carbonyl (C=O) groups excluding carboxylic acids is 1. The standard InChI is InChI=1S/C16H19FN4OS/c17-13-7-12(8-18-9-13)15(22)20-16-19-14(11-23-16)10-21-5-3-1-2-4-6-21/h7-9,11H,1-6,10H2,(H,19,20,22). The van der Waals surface area contributed by atoms with E-state index in [9.17, 15) is 9.18 Å². The third-order valence-corrected chi connectivity index (χ3v) is 4.63. The zero-order valence-electron chi connectivity index (χ0n) is 12.8. The van der Waals surface area contributed by atoms with Gasteiger partial charge in [-0.3, -0.25) is 20.0 Å². The van der Waals surface area contributed by atoms with Crippen LogP contribution in [0, 0.1) is 5.82 Å². The summed E-state index contributed by atoms with van der Waals surface area (Å²) in [5.41, 5.74) is 1.15. The van der Waals surface area contributed by atoms with Gasteiger partial charge in [0.25, 0.3) is 5.91 Å². The van der Waals surface area contributed by atoms with Crippen molar-refractivity contribution in [2.75, 3.05) is 18.4 Å². The Morgan fingerprint density at radius 3 is 2.78 bits per heavy atom. The van der Waals surface area contributed by atoms with Crippen LogP contribution in [0.25, 0.3) is 0 Å². The fourth-order valence-electron chi connectivity index (χ4n) is 2.67. The smallest absolute Gasteiger partial charge is 0.259 e. The highest BCUT2D eigenvalue weighted by Gasteiger charge is 2.13. The van der Waals surface area contributed by atoms with E-state index in [0.29, 0.717) is 5.13 Å². The molecule has 1 fully saturated rings. The van der Waals surface area contributed by atoms with Gasteiger partial charge < -0.3 is 0 Å². The second-order valence-corrected chi connectivity index (χ2v) is 6.54. The van der Waals surface area contributed by atoms with E-state index in [0.717, 1.165) is 37.6 Å². The van der Waals surface area contributed by atoms with E-state index in [4.69, 9.17) is 0 Å². The molecule has 0 unspecified atom stereocenters. The molecule has 3 heterocycles. The first-order chi connectivity index (χ1) is 11.2. The van der Waals surface area contributed by atoms with Crippen LogP contribution in [0.4, 0.5) is 9.52 Å². The predicted molar refractivity (Wildman–Crippen MR) is 88.0 cm³/mol. The van der Waals surface area contributed by atoms with Gasteiger partial charge >= 0.3 is 0 Å². The summed E-state index contributed by atoms with van der Waals surface area (Å²) in [6, 6.07) is 1.16. The molecule has 0 radical (unpaired) electrons. The Labute approximate surface area is 138 Å². The molecule has 122 valence electrons. The molecule has 23 heavy (non-hydrogen) atoms. The highest BCUT2D eigenvalue weighted by Crippen LogP contribution is 2.19. The number of carbonyl (C=O) groups is 1. The van der Waals surface area contributed by atoms with Crippen LogP contribution in [-0.2, 0) is 6.54 Å². The first kappa shape index (κ1) is 16.0. The highest BCUT2D eigenvalue weighted by atomic mass is 32.1. The molecule has 1 saturated heterocycles. The molecule has 2 aromatic heterocycles. The summed E-state index contributed by atoms with van der Waals surface area (Å²) in [5, 5.41) is 5.19. The van der Waals surface area contributed by atoms with Crippen LogP contribution in [-0.4, -0.2) is 33.9 Å². The molecular weight excluding hydrogens is 315 g/mol.